The molecule has 1 N–H and O–H groups in total. The number of H-pyrrole nitrogens is 1. The van der Waals surface area contributed by atoms with E-state index in [2.05, 4.69) is 50.4 Å². The molecule has 1 aromatic carbocycles. The molecular weight excluding hydrogens is 400 g/mol. The van der Waals surface area contributed by atoms with E-state index >= 15 is 0 Å². The average Bonchev–Trinajstić information content (AvgIpc) is 3.47. The molecule has 0 saturated carbocycles. The van der Waals surface area contributed by atoms with Crippen molar-refractivity contribution in [2.75, 3.05) is 13.1 Å². The van der Waals surface area contributed by atoms with Crippen LogP contribution in [-0.4, -0.2) is 33.2 Å². The van der Waals surface area contributed by atoms with E-state index in [1.165, 1.54) is 31.5 Å². The molecule has 1 aromatic heterocycles. The van der Waals surface area contributed by atoms with E-state index in [0.29, 0.717) is 17.4 Å². The Balaban J connectivity index is 0.00000218. The van der Waals surface area contributed by atoms with Crippen molar-refractivity contribution in [2.24, 2.45) is 0 Å². The number of ether oxygens (including phenoxy) is 2. The number of aromatic amines is 1. The summed E-state index contributed by atoms with van der Waals surface area (Å²) in [5.74, 6) is 2.47. The van der Waals surface area contributed by atoms with E-state index in [4.69, 9.17) is 9.47 Å². The van der Waals surface area contributed by atoms with Crippen molar-refractivity contribution < 1.29 is 9.47 Å². The van der Waals surface area contributed by atoms with Gasteiger partial charge in [-0.3, -0.25) is 10.00 Å². The lowest BCUT2D eigenvalue weighted by molar-refractivity contribution is 0.283. The van der Waals surface area contributed by atoms with Gasteiger partial charge >= 0.3 is 0 Å². The van der Waals surface area contributed by atoms with Crippen molar-refractivity contribution in [1.82, 2.24) is 20.1 Å². The van der Waals surface area contributed by atoms with Gasteiger partial charge in [-0.15, -0.1) is 12.4 Å². The van der Waals surface area contributed by atoms with Crippen LogP contribution >= 0.6 is 12.4 Å². The van der Waals surface area contributed by atoms with E-state index in [0.717, 1.165) is 36.3 Å². The summed E-state index contributed by atoms with van der Waals surface area (Å²) in [5, 5.41) is 7.39. The molecule has 0 unspecified atom stereocenters. The number of aromatic nitrogens is 3. The van der Waals surface area contributed by atoms with E-state index in [1.54, 1.807) is 12.5 Å². The molecule has 3 aliphatic rings. The normalized spacial score (nSPS) is 18.6. The Morgan fingerprint density at radius 2 is 1.97 bits per heavy atom. The Bertz CT molecular complexity index is 1020. The van der Waals surface area contributed by atoms with Crippen molar-refractivity contribution in [2.45, 2.75) is 32.2 Å². The summed E-state index contributed by atoms with van der Waals surface area (Å²) < 4.78 is 11.5. The quantitative estimate of drug-likeness (QED) is 0.735. The number of rotatable bonds is 5. The van der Waals surface area contributed by atoms with Crippen LogP contribution in [0, 0.1) is 0 Å². The zero-order valence-electron chi connectivity index (χ0n) is 16.7. The van der Waals surface area contributed by atoms with Crippen LogP contribution in [0.3, 0.4) is 0 Å². The summed E-state index contributed by atoms with van der Waals surface area (Å²) in [6.07, 6.45) is 14.0. The van der Waals surface area contributed by atoms with Crippen LogP contribution in [-0.2, 0) is 16.0 Å². The van der Waals surface area contributed by atoms with Gasteiger partial charge in [-0.05, 0) is 56.0 Å². The summed E-state index contributed by atoms with van der Waals surface area (Å²) in [5.41, 5.74) is 3.40. The molecule has 2 aliphatic heterocycles. The summed E-state index contributed by atoms with van der Waals surface area (Å²) in [6.45, 7) is 3.34. The summed E-state index contributed by atoms with van der Waals surface area (Å²) in [4.78, 5) is 7.13. The van der Waals surface area contributed by atoms with Gasteiger partial charge in [-0.25, -0.2) is 4.98 Å². The molecule has 0 bridgehead atoms. The second kappa shape index (κ2) is 9.32. The smallest absolute Gasteiger partial charge is 0.206 e. The minimum absolute atomic E-state index is 0. The van der Waals surface area contributed by atoms with Gasteiger partial charge in [0.1, 0.15) is 12.5 Å². The zero-order valence-corrected chi connectivity index (χ0v) is 17.5. The molecule has 0 atom stereocenters. The maximum Gasteiger partial charge on any atom is 0.206 e. The van der Waals surface area contributed by atoms with Gasteiger partial charge in [0.05, 0.1) is 0 Å². The number of allylic oxidation sites excluding steroid dienone is 4. The van der Waals surface area contributed by atoms with Crippen LogP contribution < -0.4 is 0 Å². The summed E-state index contributed by atoms with van der Waals surface area (Å²) >= 11 is 0. The Kier molecular flexibility index (Phi) is 6.35. The first kappa shape index (κ1) is 20.4. The lowest BCUT2D eigenvalue weighted by Crippen LogP contribution is -2.18. The average molecular weight is 425 g/mol. The minimum Gasteiger partial charge on any atom is -0.465 e. The number of likely N-dealkylation sites (tertiary alicyclic amines) is 1. The van der Waals surface area contributed by atoms with E-state index < -0.39 is 0 Å². The van der Waals surface area contributed by atoms with E-state index in [9.17, 15) is 0 Å². The van der Waals surface area contributed by atoms with Crippen molar-refractivity contribution in [1.29, 1.82) is 0 Å². The Morgan fingerprint density at radius 1 is 1.10 bits per heavy atom. The van der Waals surface area contributed by atoms with E-state index in [1.807, 2.05) is 12.1 Å². The minimum atomic E-state index is 0. The summed E-state index contributed by atoms with van der Waals surface area (Å²) in [7, 11) is 0. The predicted octanol–water partition coefficient (Wildman–Crippen LogP) is 4.95. The Labute approximate surface area is 182 Å². The first-order chi connectivity index (χ1) is 14.3. The number of hydrogen-bond acceptors (Lipinski definition) is 5. The number of halogens is 1. The van der Waals surface area contributed by atoms with Gasteiger partial charge < -0.3 is 9.47 Å². The fourth-order valence-corrected chi connectivity index (χ4v) is 3.89. The number of nitrogens with one attached hydrogen (secondary N) is 1. The maximum atomic E-state index is 6.03. The molecule has 0 spiro atoms. The van der Waals surface area contributed by atoms with Crippen LogP contribution in [0.4, 0.5) is 0 Å². The molecule has 0 amide bonds. The van der Waals surface area contributed by atoms with Gasteiger partial charge in [-0.1, -0.05) is 36.4 Å². The number of nitrogens with zero attached hydrogens (tertiary/aromatic N) is 3. The van der Waals surface area contributed by atoms with Gasteiger partial charge in [0.25, 0.3) is 0 Å². The molecule has 5 rings (SSSR count). The molecule has 1 fully saturated rings. The highest BCUT2D eigenvalue weighted by molar-refractivity contribution is 5.85. The lowest BCUT2D eigenvalue weighted by Gasteiger charge is -2.18. The highest BCUT2D eigenvalue weighted by atomic mass is 35.5. The highest BCUT2D eigenvalue weighted by Crippen LogP contribution is 2.30. The molecule has 2 aromatic rings. The topological polar surface area (TPSA) is 63.3 Å². The van der Waals surface area contributed by atoms with Crippen LogP contribution in [0.1, 0.15) is 37.1 Å². The maximum absolute atomic E-state index is 6.03. The third kappa shape index (κ3) is 4.50. The predicted molar refractivity (Wildman–Crippen MR) is 118 cm³/mol. The first-order valence-corrected chi connectivity index (χ1v) is 10.2. The fraction of sp³-hybridized carbons (Fsp3) is 0.304. The molecule has 30 heavy (non-hydrogen) atoms. The molecular formula is C23H25ClN4O2. The lowest BCUT2D eigenvalue weighted by atomic mass is 10.0. The van der Waals surface area contributed by atoms with Crippen molar-refractivity contribution in [3.05, 3.63) is 77.7 Å². The molecule has 1 saturated heterocycles. The number of benzene rings is 1. The molecule has 3 heterocycles. The molecule has 0 radical (unpaired) electrons. The first-order valence-electron chi connectivity index (χ1n) is 10.2. The second-order valence-corrected chi connectivity index (χ2v) is 7.55. The number of hydrogen-bond donors (Lipinski definition) is 1. The van der Waals surface area contributed by atoms with Crippen LogP contribution in [0.2, 0.25) is 0 Å². The largest absolute Gasteiger partial charge is 0.465 e. The molecule has 7 heteroatoms. The van der Waals surface area contributed by atoms with Gasteiger partial charge in [0, 0.05) is 12.1 Å². The molecule has 1 aliphatic carbocycles. The summed E-state index contributed by atoms with van der Waals surface area (Å²) in [6, 6.07) is 8.44. The SMILES string of the molecule is C1=CCCC(C2=COC=C(c3nc(-c4cccc(CN5CCCC5)c4)n[nH]3)O2)=C1.Cl. The molecule has 156 valence electrons. The third-order valence-electron chi connectivity index (χ3n) is 5.41. The van der Waals surface area contributed by atoms with Crippen molar-refractivity contribution >= 4 is 18.2 Å². The fourth-order valence-electron chi connectivity index (χ4n) is 3.89. The van der Waals surface area contributed by atoms with Crippen molar-refractivity contribution in [3.8, 4) is 11.4 Å². The molecule has 6 nitrogen and oxygen atoms in total. The van der Waals surface area contributed by atoms with Crippen LogP contribution in [0.25, 0.3) is 17.1 Å². The second-order valence-electron chi connectivity index (χ2n) is 7.55. The standard InChI is InChI=1S/C23H24N4O2.ClH/c1-2-8-18(9-3-1)20-15-28-16-21(29-20)23-24-22(25-26-23)19-10-6-7-17(13-19)14-27-11-4-5-12-27;/h1-2,6-8,10,13,15-16H,3-5,9,11-12,14H2,(H,24,25,26);1H. The van der Waals surface area contributed by atoms with Gasteiger partial charge in [-0.2, -0.15) is 5.10 Å². The van der Waals surface area contributed by atoms with E-state index in [-0.39, 0.29) is 12.4 Å². The van der Waals surface area contributed by atoms with Crippen LogP contribution in [0.15, 0.2) is 66.3 Å². The third-order valence-corrected chi connectivity index (χ3v) is 5.41. The van der Waals surface area contributed by atoms with Gasteiger partial charge in [0.2, 0.25) is 5.76 Å². The highest BCUT2D eigenvalue weighted by Gasteiger charge is 2.20. The zero-order chi connectivity index (χ0) is 19.5. The monoisotopic (exact) mass is 424 g/mol. The van der Waals surface area contributed by atoms with Crippen LogP contribution in [0.5, 0.6) is 0 Å². The van der Waals surface area contributed by atoms with Crippen molar-refractivity contribution in [3.63, 3.8) is 0 Å². The Morgan fingerprint density at radius 3 is 2.80 bits per heavy atom. The Hall–Kier alpha value is -2.83. The van der Waals surface area contributed by atoms with Gasteiger partial charge in [0.15, 0.2) is 17.4 Å².